The Labute approximate surface area is 178 Å². The van der Waals surface area contributed by atoms with Crippen molar-refractivity contribution in [2.24, 2.45) is 0 Å². The molecule has 0 bridgehead atoms. The van der Waals surface area contributed by atoms with Gasteiger partial charge in [0, 0.05) is 11.2 Å². The lowest BCUT2D eigenvalue weighted by Crippen LogP contribution is -2.21. The molecule has 3 rings (SSSR count). The van der Waals surface area contributed by atoms with Crippen molar-refractivity contribution in [2.45, 2.75) is 20.0 Å². The van der Waals surface area contributed by atoms with Crippen molar-refractivity contribution < 1.29 is 14.6 Å². The number of carbonyl (C=O) groups is 1. The monoisotopic (exact) mass is 453 g/mol. The molecular formula is C16H13Cl2N7O5. The number of anilines is 1. The van der Waals surface area contributed by atoms with Crippen LogP contribution in [0.25, 0.3) is 0 Å². The Balaban J connectivity index is 1.75. The first-order valence-corrected chi connectivity index (χ1v) is 9.05. The number of aromatic nitrogens is 4. The number of nitro groups is 2. The summed E-state index contributed by atoms with van der Waals surface area (Å²) in [6, 6.07) is 7.16. The van der Waals surface area contributed by atoms with E-state index < -0.39 is 33.8 Å². The lowest BCUT2D eigenvalue weighted by molar-refractivity contribution is -0.424. The smallest absolute Gasteiger partial charge is 0.358 e. The Morgan fingerprint density at radius 3 is 2.43 bits per heavy atom. The Morgan fingerprint density at radius 2 is 1.83 bits per heavy atom. The first-order valence-electron chi connectivity index (χ1n) is 8.29. The van der Waals surface area contributed by atoms with Gasteiger partial charge in [0.05, 0.1) is 16.6 Å². The van der Waals surface area contributed by atoms with Gasteiger partial charge in [0.15, 0.2) is 5.82 Å². The van der Waals surface area contributed by atoms with Crippen LogP contribution >= 0.6 is 23.2 Å². The number of rotatable bonds is 7. The van der Waals surface area contributed by atoms with Crippen LogP contribution in [0.2, 0.25) is 10.0 Å². The van der Waals surface area contributed by atoms with Gasteiger partial charge in [0.2, 0.25) is 5.91 Å². The molecule has 0 aliphatic heterocycles. The van der Waals surface area contributed by atoms with Gasteiger partial charge in [-0.3, -0.25) is 19.6 Å². The molecule has 0 saturated heterocycles. The maximum atomic E-state index is 12.3. The van der Waals surface area contributed by atoms with Crippen molar-refractivity contribution in [3.63, 3.8) is 0 Å². The molecule has 0 atom stereocenters. The number of nitrogens with zero attached hydrogens (tertiary/aromatic N) is 6. The number of hydrogen-bond acceptors (Lipinski definition) is 7. The molecule has 0 saturated carbocycles. The summed E-state index contributed by atoms with van der Waals surface area (Å²) >= 11 is 12.2. The molecule has 1 amide bonds. The van der Waals surface area contributed by atoms with Crippen molar-refractivity contribution in [1.82, 2.24) is 19.6 Å². The summed E-state index contributed by atoms with van der Waals surface area (Å²) in [5.74, 6) is -1.55. The molecule has 30 heavy (non-hydrogen) atoms. The summed E-state index contributed by atoms with van der Waals surface area (Å²) in [6.07, 6.45) is 1.50. The number of halogens is 2. The Hall–Kier alpha value is -3.51. The summed E-state index contributed by atoms with van der Waals surface area (Å²) in [5, 5.41) is 32.9. The summed E-state index contributed by atoms with van der Waals surface area (Å²) < 4.78 is 2.36. The minimum absolute atomic E-state index is 0.0579. The van der Waals surface area contributed by atoms with Gasteiger partial charge < -0.3 is 15.4 Å². The summed E-state index contributed by atoms with van der Waals surface area (Å²) in [4.78, 5) is 32.5. The van der Waals surface area contributed by atoms with E-state index in [4.69, 9.17) is 23.2 Å². The van der Waals surface area contributed by atoms with Crippen molar-refractivity contribution in [3.8, 4) is 0 Å². The minimum Gasteiger partial charge on any atom is -0.358 e. The van der Waals surface area contributed by atoms with Gasteiger partial charge in [-0.15, -0.1) is 0 Å². The van der Waals surface area contributed by atoms with E-state index in [0.717, 1.165) is 10.2 Å². The second-order valence-corrected chi connectivity index (χ2v) is 6.91. The lowest BCUT2D eigenvalue weighted by Gasteiger charge is -2.04. The molecule has 0 aliphatic carbocycles. The molecule has 0 spiro atoms. The SMILES string of the molecule is Cc1c([N+](=O)[O-])c([N+](=O)[O-])nn1CC(=O)Nc1nn(Cc2ccccc2Cl)cc1Cl. The highest BCUT2D eigenvalue weighted by molar-refractivity contribution is 6.33. The van der Waals surface area contributed by atoms with E-state index in [1.165, 1.54) is 17.8 Å². The predicted molar refractivity (Wildman–Crippen MR) is 107 cm³/mol. The van der Waals surface area contributed by atoms with Crippen LogP contribution in [0, 0.1) is 27.2 Å². The summed E-state index contributed by atoms with van der Waals surface area (Å²) in [5.41, 5.74) is -0.102. The maximum Gasteiger partial charge on any atom is 0.468 e. The fourth-order valence-electron chi connectivity index (χ4n) is 2.68. The van der Waals surface area contributed by atoms with Gasteiger partial charge in [-0.1, -0.05) is 41.4 Å². The van der Waals surface area contributed by atoms with Gasteiger partial charge in [-0.2, -0.15) is 9.78 Å². The van der Waals surface area contributed by atoms with E-state index in [1.807, 2.05) is 12.1 Å². The third-order valence-corrected chi connectivity index (χ3v) is 4.72. The topological polar surface area (TPSA) is 151 Å². The van der Waals surface area contributed by atoms with Gasteiger partial charge in [-0.05, 0) is 23.5 Å². The molecule has 0 unspecified atom stereocenters. The Morgan fingerprint density at radius 1 is 1.13 bits per heavy atom. The zero-order valence-corrected chi connectivity index (χ0v) is 16.8. The molecule has 156 valence electrons. The number of amides is 1. The van der Waals surface area contributed by atoms with Crippen molar-refractivity contribution >= 4 is 46.4 Å². The van der Waals surface area contributed by atoms with E-state index in [9.17, 15) is 25.0 Å². The highest BCUT2D eigenvalue weighted by atomic mass is 35.5. The highest BCUT2D eigenvalue weighted by Crippen LogP contribution is 2.29. The average Bonchev–Trinajstić information content (AvgIpc) is 3.17. The quantitative estimate of drug-likeness (QED) is 0.425. The first kappa shape index (κ1) is 21.2. The van der Waals surface area contributed by atoms with Crippen LogP contribution < -0.4 is 5.32 Å². The fraction of sp³-hybridized carbons (Fsp3) is 0.188. The molecule has 1 aromatic carbocycles. The second-order valence-electron chi connectivity index (χ2n) is 6.09. The first-order chi connectivity index (χ1) is 14.2. The molecule has 0 radical (unpaired) electrons. The zero-order valence-electron chi connectivity index (χ0n) is 15.3. The summed E-state index contributed by atoms with van der Waals surface area (Å²) in [7, 11) is 0. The van der Waals surface area contributed by atoms with Crippen LogP contribution in [0.1, 0.15) is 11.3 Å². The molecule has 0 fully saturated rings. The second kappa shape index (κ2) is 8.47. The van der Waals surface area contributed by atoms with Crippen LogP contribution in [0.4, 0.5) is 17.3 Å². The minimum atomic E-state index is -0.979. The molecule has 3 aromatic rings. The van der Waals surface area contributed by atoms with Crippen molar-refractivity contribution in [2.75, 3.05) is 5.32 Å². The van der Waals surface area contributed by atoms with Gasteiger partial charge in [-0.25, -0.2) is 0 Å². The van der Waals surface area contributed by atoms with E-state index in [-0.39, 0.29) is 16.5 Å². The molecule has 1 N–H and O–H groups in total. The number of hydrogen-bond donors (Lipinski definition) is 1. The number of nitrogens with one attached hydrogen (secondary N) is 1. The van der Waals surface area contributed by atoms with Crippen molar-refractivity contribution in [1.29, 1.82) is 0 Å². The molecule has 2 aromatic heterocycles. The predicted octanol–water partition coefficient (Wildman–Crippen LogP) is 3.20. The third-order valence-electron chi connectivity index (χ3n) is 4.07. The third kappa shape index (κ3) is 4.39. The molecule has 14 heteroatoms. The Kier molecular flexibility index (Phi) is 5.99. The maximum absolute atomic E-state index is 12.3. The van der Waals surface area contributed by atoms with E-state index in [0.29, 0.717) is 11.6 Å². The van der Waals surface area contributed by atoms with Gasteiger partial charge >= 0.3 is 11.5 Å². The van der Waals surface area contributed by atoms with Crippen LogP contribution in [0.5, 0.6) is 0 Å². The fourth-order valence-corrected chi connectivity index (χ4v) is 3.08. The largest absolute Gasteiger partial charge is 0.468 e. The van der Waals surface area contributed by atoms with E-state index in [2.05, 4.69) is 15.5 Å². The zero-order chi connectivity index (χ0) is 22.0. The summed E-state index contributed by atoms with van der Waals surface area (Å²) in [6.45, 7) is 1.07. The van der Waals surface area contributed by atoms with Gasteiger partial charge in [0.25, 0.3) is 0 Å². The lowest BCUT2D eigenvalue weighted by atomic mass is 10.2. The van der Waals surface area contributed by atoms with E-state index in [1.54, 1.807) is 12.1 Å². The van der Waals surface area contributed by atoms with Crippen LogP contribution in [-0.2, 0) is 17.9 Å². The Bertz CT molecular complexity index is 1160. The average molecular weight is 454 g/mol. The molecule has 0 aliphatic rings. The van der Waals surface area contributed by atoms with E-state index >= 15 is 0 Å². The molecule has 12 nitrogen and oxygen atoms in total. The van der Waals surface area contributed by atoms with Crippen LogP contribution in [-0.4, -0.2) is 35.3 Å². The normalized spacial score (nSPS) is 10.8. The van der Waals surface area contributed by atoms with Crippen molar-refractivity contribution in [3.05, 3.63) is 72.0 Å². The highest BCUT2D eigenvalue weighted by Gasteiger charge is 2.35. The molecular weight excluding hydrogens is 441 g/mol. The van der Waals surface area contributed by atoms with Gasteiger partial charge in [0.1, 0.15) is 17.3 Å². The van der Waals surface area contributed by atoms with Crippen LogP contribution in [0.3, 0.4) is 0 Å². The number of benzene rings is 1. The molecule has 2 heterocycles. The number of carbonyl (C=O) groups excluding carboxylic acids is 1. The standard InChI is InChI=1S/C16H13Cl2N7O5/c1-9-14(24(27)28)16(25(29)30)21-23(9)8-13(26)19-15-12(18)7-22(20-15)6-10-4-2-3-5-11(10)17/h2-5,7H,6,8H2,1H3,(H,19,20,26). The van der Waals surface area contributed by atoms with Crippen LogP contribution in [0.15, 0.2) is 30.5 Å².